The summed E-state index contributed by atoms with van der Waals surface area (Å²) in [5.41, 5.74) is 4.28. The first-order valence-corrected chi connectivity index (χ1v) is 10.7. The van der Waals surface area contributed by atoms with Crippen LogP contribution in [0.5, 0.6) is 0 Å². The van der Waals surface area contributed by atoms with Crippen molar-refractivity contribution in [3.8, 4) is 5.69 Å². The van der Waals surface area contributed by atoms with E-state index < -0.39 is 0 Å². The van der Waals surface area contributed by atoms with Gasteiger partial charge in [0, 0.05) is 31.2 Å². The number of rotatable bonds is 5. The quantitative estimate of drug-likeness (QED) is 0.474. The molecule has 0 radical (unpaired) electrons. The van der Waals surface area contributed by atoms with Gasteiger partial charge in [-0.2, -0.15) is 0 Å². The van der Waals surface area contributed by atoms with Crippen LogP contribution in [0.4, 0.5) is 5.95 Å². The molecule has 0 bridgehead atoms. The van der Waals surface area contributed by atoms with Crippen LogP contribution < -0.4 is 4.90 Å². The summed E-state index contributed by atoms with van der Waals surface area (Å²) in [5.74, 6) is 1.60. The molecule has 0 atom stereocenters. The summed E-state index contributed by atoms with van der Waals surface area (Å²) in [7, 11) is 0. The largest absolute Gasteiger partial charge is 0.378 e. The number of nitrogens with zero attached hydrogens (tertiary/aromatic N) is 6. The first kappa shape index (κ1) is 18.2. The highest BCUT2D eigenvalue weighted by Gasteiger charge is 2.22. The van der Waals surface area contributed by atoms with Gasteiger partial charge in [0.1, 0.15) is 5.65 Å². The molecule has 0 saturated carbocycles. The maximum atomic E-state index is 5.51. The minimum absolute atomic E-state index is 0.713. The number of pyridine rings is 1. The molecule has 0 amide bonds. The molecule has 3 aromatic heterocycles. The molecule has 0 N–H and O–H groups in total. The van der Waals surface area contributed by atoms with Gasteiger partial charge in [-0.1, -0.05) is 35.5 Å². The molecule has 1 aliphatic heterocycles. The van der Waals surface area contributed by atoms with Gasteiger partial charge < -0.3 is 14.0 Å². The van der Waals surface area contributed by atoms with E-state index in [1.807, 2.05) is 28.8 Å². The van der Waals surface area contributed by atoms with Crippen LogP contribution in [0.2, 0.25) is 0 Å². The van der Waals surface area contributed by atoms with Crippen molar-refractivity contribution < 1.29 is 4.74 Å². The average molecular weight is 407 g/mol. The van der Waals surface area contributed by atoms with Crippen molar-refractivity contribution in [3.05, 3.63) is 66.1 Å². The molecular weight excluding hydrogens is 384 g/mol. The molecule has 148 valence electrons. The van der Waals surface area contributed by atoms with Gasteiger partial charge in [-0.05, 0) is 31.2 Å². The number of aromatic nitrogens is 5. The number of morpholine rings is 1. The molecule has 1 aromatic carbocycles. The number of ether oxygens (including phenoxy) is 1. The normalized spacial score (nSPS) is 14.6. The van der Waals surface area contributed by atoms with Crippen LogP contribution in [0.1, 0.15) is 11.3 Å². The molecule has 4 aromatic rings. The second-order valence-electron chi connectivity index (χ2n) is 7.04. The van der Waals surface area contributed by atoms with Crippen molar-refractivity contribution in [2.45, 2.75) is 17.8 Å². The summed E-state index contributed by atoms with van der Waals surface area (Å²) >= 11 is 1.65. The Morgan fingerprint density at radius 1 is 1.03 bits per heavy atom. The fourth-order valence-corrected chi connectivity index (χ4v) is 4.27. The van der Waals surface area contributed by atoms with Crippen molar-refractivity contribution in [2.24, 2.45) is 0 Å². The first-order chi connectivity index (χ1) is 14.3. The molecule has 8 heteroatoms. The molecule has 1 fully saturated rings. The topological polar surface area (TPSA) is 60.5 Å². The molecule has 1 aliphatic rings. The number of anilines is 1. The van der Waals surface area contributed by atoms with Gasteiger partial charge in [0.2, 0.25) is 5.95 Å². The number of hydrogen-bond donors (Lipinski definition) is 0. The van der Waals surface area contributed by atoms with Crippen molar-refractivity contribution in [1.29, 1.82) is 0 Å². The van der Waals surface area contributed by atoms with Crippen molar-refractivity contribution in [3.63, 3.8) is 0 Å². The van der Waals surface area contributed by atoms with Gasteiger partial charge >= 0.3 is 0 Å². The van der Waals surface area contributed by atoms with E-state index in [2.05, 4.69) is 57.1 Å². The van der Waals surface area contributed by atoms with Crippen LogP contribution in [-0.4, -0.2) is 50.5 Å². The number of hydrogen-bond acceptors (Lipinski definition) is 6. The standard InChI is InChI=1S/C21H22N6OS/c1-16-5-7-18(8-6-16)27-20(25-10-12-28-13-11-25)23-24-21(27)29-15-17-14-26-9-3-2-4-19(26)22-17/h2-9,14H,10-13,15H2,1H3. The third-order valence-corrected chi connectivity index (χ3v) is 5.93. The highest BCUT2D eigenvalue weighted by molar-refractivity contribution is 7.98. The Morgan fingerprint density at radius 3 is 2.66 bits per heavy atom. The Balaban J connectivity index is 1.46. The molecule has 0 unspecified atom stereocenters. The minimum Gasteiger partial charge on any atom is -0.378 e. The molecule has 7 nitrogen and oxygen atoms in total. The molecule has 4 heterocycles. The zero-order valence-electron chi connectivity index (χ0n) is 16.2. The minimum atomic E-state index is 0.713. The van der Waals surface area contributed by atoms with Crippen molar-refractivity contribution >= 4 is 23.4 Å². The van der Waals surface area contributed by atoms with E-state index in [-0.39, 0.29) is 0 Å². The van der Waals surface area contributed by atoms with Crippen molar-refractivity contribution in [1.82, 2.24) is 24.1 Å². The van der Waals surface area contributed by atoms with Crippen LogP contribution in [0.3, 0.4) is 0 Å². The summed E-state index contributed by atoms with van der Waals surface area (Å²) in [6.45, 7) is 5.16. The van der Waals surface area contributed by atoms with Crippen molar-refractivity contribution in [2.75, 3.05) is 31.2 Å². The lowest BCUT2D eigenvalue weighted by molar-refractivity contribution is 0.122. The molecule has 5 rings (SSSR count). The average Bonchev–Trinajstić information content (AvgIpc) is 3.37. The Labute approximate surface area is 173 Å². The van der Waals surface area contributed by atoms with Gasteiger partial charge in [0.15, 0.2) is 5.16 Å². The van der Waals surface area contributed by atoms with E-state index in [0.717, 1.165) is 47.0 Å². The number of benzene rings is 1. The summed E-state index contributed by atoms with van der Waals surface area (Å²) in [5, 5.41) is 9.92. The molecule has 29 heavy (non-hydrogen) atoms. The maximum absolute atomic E-state index is 5.51. The highest BCUT2D eigenvalue weighted by atomic mass is 32.2. The number of aryl methyl sites for hydroxylation is 1. The number of thioether (sulfide) groups is 1. The maximum Gasteiger partial charge on any atom is 0.232 e. The van der Waals surface area contributed by atoms with Crippen LogP contribution in [0.15, 0.2) is 60.0 Å². The van der Waals surface area contributed by atoms with E-state index >= 15 is 0 Å². The van der Waals surface area contributed by atoms with Gasteiger partial charge in [0.25, 0.3) is 0 Å². The monoisotopic (exact) mass is 406 g/mol. The highest BCUT2D eigenvalue weighted by Crippen LogP contribution is 2.29. The van der Waals surface area contributed by atoms with Gasteiger partial charge in [0.05, 0.1) is 24.6 Å². The van der Waals surface area contributed by atoms with Crippen LogP contribution in [-0.2, 0) is 10.5 Å². The predicted molar refractivity (Wildman–Crippen MR) is 114 cm³/mol. The fourth-order valence-electron chi connectivity index (χ4n) is 3.44. The summed E-state index contributed by atoms with van der Waals surface area (Å²) in [4.78, 5) is 6.94. The van der Waals surface area contributed by atoms with Crippen LogP contribution in [0.25, 0.3) is 11.3 Å². The van der Waals surface area contributed by atoms with Crippen LogP contribution in [0, 0.1) is 6.92 Å². The van der Waals surface area contributed by atoms with Gasteiger partial charge in [-0.25, -0.2) is 4.98 Å². The van der Waals surface area contributed by atoms with Gasteiger partial charge in [-0.3, -0.25) is 4.57 Å². The van der Waals surface area contributed by atoms with Gasteiger partial charge in [-0.15, -0.1) is 10.2 Å². The summed E-state index contributed by atoms with van der Waals surface area (Å²) in [6, 6.07) is 14.5. The van der Waals surface area contributed by atoms with E-state index in [1.165, 1.54) is 5.56 Å². The van der Waals surface area contributed by atoms with E-state index in [1.54, 1.807) is 11.8 Å². The lowest BCUT2D eigenvalue weighted by Crippen LogP contribution is -2.37. The van der Waals surface area contributed by atoms with E-state index in [4.69, 9.17) is 9.72 Å². The second-order valence-corrected chi connectivity index (χ2v) is 7.98. The Kier molecular flexibility index (Phi) is 4.95. The third-order valence-electron chi connectivity index (χ3n) is 4.97. The predicted octanol–water partition coefficient (Wildman–Crippen LogP) is 3.35. The Hall–Kier alpha value is -2.84. The first-order valence-electron chi connectivity index (χ1n) is 9.68. The third kappa shape index (κ3) is 3.73. The zero-order chi connectivity index (χ0) is 19.6. The summed E-state index contributed by atoms with van der Waals surface area (Å²) in [6.07, 6.45) is 4.08. The van der Waals surface area contributed by atoms with E-state index in [9.17, 15) is 0 Å². The Morgan fingerprint density at radius 2 is 1.86 bits per heavy atom. The molecule has 0 aliphatic carbocycles. The number of imidazole rings is 1. The molecule has 0 spiro atoms. The smallest absolute Gasteiger partial charge is 0.232 e. The second kappa shape index (κ2) is 7.88. The van der Waals surface area contributed by atoms with Crippen LogP contribution >= 0.6 is 11.8 Å². The lowest BCUT2D eigenvalue weighted by Gasteiger charge is -2.27. The zero-order valence-corrected chi connectivity index (χ0v) is 17.0. The molecule has 1 saturated heterocycles. The SMILES string of the molecule is Cc1ccc(-n2c(SCc3cn4ccccc4n3)nnc2N2CCOCC2)cc1. The molecular formula is C21H22N6OS. The summed E-state index contributed by atoms with van der Waals surface area (Å²) < 4.78 is 9.69. The fraction of sp³-hybridized carbons (Fsp3) is 0.286. The number of fused-ring (bicyclic) bond motifs is 1. The lowest BCUT2D eigenvalue weighted by atomic mass is 10.2. The Bertz CT molecular complexity index is 1080. The van der Waals surface area contributed by atoms with E-state index in [0.29, 0.717) is 13.2 Å².